The van der Waals surface area contributed by atoms with Crippen molar-refractivity contribution in [3.8, 4) is 0 Å². The summed E-state index contributed by atoms with van der Waals surface area (Å²) in [5, 5.41) is 0. The van der Waals surface area contributed by atoms with Crippen molar-refractivity contribution in [2.45, 2.75) is 16.7 Å². The van der Waals surface area contributed by atoms with E-state index in [1.807, 2.05) is 0 Å². The van der Waals surface area contributed by atoms with Crippen LogP contribution in [0.1, 0.15) is 23.4 Å². The van der Waals surface area contributed by atoms with Gasteiger partial charge in [0.2, 0.25) is 5.78 Å². The van der Waals surface area contributed by atoms with Crippen molar-refractivity contribution < 1.29 is 4.79 Å². The van der Waals surface area contributed by atoms with Crippen molar-refractivity contribution in [1.29, 1.82) is 0 Å². The van der Waals surface area contributed by atoms with Crippen LogP contribution >= 0.6 is 34.8 Å². The zero-order valence-electron chi connectivity index (χ0n) is 7.38. The Morgan fingerprint density at radius 3 is 2.57 bits per heavy atom. The van der Waals surface area contributed by atoms with Crippen molar-refractivity contribution in [2.24, 2.45) is 0 Å². The molecule has 1 heterocycles. The van der Waals surface area contributed by atoms with Crippen LogP contribution in [-0.2, 0) is 0 Å². The molecule has 2 radical (unpaired) electrons. The van der Waals surface area contributed by atoms with Crippen LogP contribution in [0.2, 0.25) is 0 Å². The van der Waals surface area contributed by atoms with Gasteiger partial charge in [-0.2, -0.15) is 0 Å². The zero-order valence-corrected chi connectivity index (χ0v) is 9.64. The van der Waals surface area contributed by atoms with Crippen LogP contribution in [0.15, 0.2) is 18.3 Å². The van der Waals surface area contributed by atoms with Gasteiger partial charge in [-0.05, 0) is 18.1 Å². The molecule has 0 aliphatic heterocycles. The van der Waals surface area contributed by atoms with E-state index in [9.17, 15) is 4.79 Å². The van der Waals surface area contributed by atoms with Crippen molar-refractivity contribution in [3.05, 3.63) is 24.0 Å². The molecular formula is C8H7BCl3NO. The third kappa shape index (κ3) is 2.47. The lowest BCUT2D eigenvalue weighted by atomic mass is 9.98. The fourth-order valence-corrected chi connectivity index (χ4v) is 1.38. The Labute approximate surface area is 98.5 Å². The summed E-state index contributed by atoms with van der Waals surface area (Å²) in [7, 11) is 5.62. The molecule has 1 unspecified atom stereocenters. The molecule has 0 amide bonds. The van der Waals surface area contributed by atoms with Crippen LogP contribution in [0, 0.1) is 0 Å². The van der Waals surface area contributed by atoms with Crippen molar-refractivity contribution >= 4 is 48.4 Å². The van der Waals surface area contributed by atoms with Crippen LogP contribution < -0.4 is 0 Å². The minimum Gasteiger partial charge on any atom is -0.351 e. The molecule has 1 aromatic heterocycles. The van der Waals surface area contributed by atoms with Crippen molar-refractivity contribution in [2.75, 3.05) is 0 Å². The molecule has 0 saturated heterocycles. The third-order valence-corrected chi connectivity index (χ3v) is 2.22. The number of halogens is 3. The lowest BCUT2D eigenvalue weighted by Gasteiger charge is -2.15. The molecule has 0 N–H and O–H groups in total. The standard InChI is InChI=1S/C8H7BCl3NO/c1-5(9)13-4-2-3-6(13)7(14)8(10,11)12/h2-5H,1H3. The van der Waals surface area contributed by atoms with Gasteiger partial charge in [0, 0.05) is 6.20 Å². The van der Waals surface area contributed by atoms with Crippen LogP contribution in [0.5, 0.6) is 0 Å². The first-order valence-corrected chi connectivity index (χ1v) is 5.01. The second-order valence-corrected chi connectivity index (χ2v) is 5.15. The van der Waals surface area contributed by atoms with Gasteiger partial charge in [0.1, 0.15) is 0 Å². The summed E-state index contributed by atoms with van der Waals surface area (Å²) in [6.07, 6.45) is 1.66. The van der Waals surface area contributed by atoms with Gasteiger partial charge in [-0.15, -0.1) is 0 Å². The number of carbonyl (C=O) groups is 1. The number of aromatic nitrogens is 1. The molecule has 0 bridgehead atoms. The number of nitrogens with zero attached hydrogens (tertiary/aromatic N) is 1. The fraction of sp³-hybridized carbons (Fsp3) is 0.375. The van der Waals surface area contributed by atoms with Gasteiger partial charge in [-0.25, -0.2) is 0 Å². The summed E-state index contributed by atoms with van der Waals surface area (Å²) in [4.78, 5) is 11.6. The molecule has 0 aliphatic rings. The molecule has 2 nitrogen and oxygen atoms in total. The Kier molecular flexibility index (Phi) is 3.56. The predicted molar refractivity (Wildman–Crippen MR) is 59.5 cm³/mol. The third-order valence-electron chi connectivity index (χ3n) is 1.71. The van der Waals surface area contributed by atoms with Gasteiger partial charge in [0.25, 0.3) is 3.79 Å². The number of alkyl halides is 3. The van der Waals surface area contributed by atoms with E-state index in [2.05, 4.69) is 0 Å². The molecule has 6 heteroatoms. The molecule has 1 rings (SSSR count). The maximum Gasteiger partial charge on any atom is 0.255 e. The number of carbonyl (C=O) groups excluding carboxylic acids is 1. The summed E-state index contributed by atoms with van der Waals surface area (Å²) < 4.78 is -0.394. The second kappa shape index (κ2) is 4.17. The average Bonchev–Trinajstić information content (AvgIpc) is 2.48. The minimum absolute atomic E-state index is 0.292. The molecule has 0 aliphatic carbocycles. The van der Waals surface area contributed by atoms with E-state index in [0.29, 0.717) is 5.69 Å². The van der Waals surface area contributed by atoms with Crippen molar-refractivity contribution in [1.82, 2.24) is 4.57 Å². The molecular weight excluding hydrogens is 243 g/mol. The molecule has 74 valence electrons. The normalized spacial score (nSPS) is 14.0. The van der Waals surface area contributed by atoms with Gasteiger partial charge < -0.3 is 4.57 Å². The van der Waals surface area contributed by atoms with Crippen LogP contribution in [0.3, 0.4) is 0 Å². The Balaban J connectivity index is 3.08. The minimum atomic E-state index is -1.94. The first kappa shape index (κ1) is 12.0. The maximum absolute atomic E-state index is 11.6. The van der Waals surface area contributed by atoms with E-state index in [1.54, 1.807) is 29.8 Å². The molecule has 0 saturated carbocycles. The quantitative estimate of drug-likeness (QED) is 0.449. The Morgan fingerprint density at radius 2 is 2.14 bits per heavy atom. The Bertz CT molecular complexity index is 343. The largest absolute Gasteiger partial charge is 0.351 e. The summed E-state index contributed by atoms with van der Waals surface area (Å²) in [6, 6.07) is 3.24. The summed E-state index contributed by atoms with van der Waals surface area (Å²) in [5.74, 6) is -0.916. The molecule has 14 heavy (non-hydrogen) atoms. The molecule has 1 atom stereocenters. The highest BCUT2D eigenvalue weighted by atomic mass is 35.6. The van der Waals surface area contributed by atoms with Crippen LogP contribution in [0.25, 0.3) is 0 Å². The summed E-state index contributed by atoms with van der Waals surface area (Å²) in [5.41, 5.74) is 0.292. The SMILES string of the molecule is [B]C(C)n1cccc1C(=O)C(Cl)(Cl)Cl. The summed E-state index contributed by atoms with van der Waals surface area (Å²) >= 11 is 16.4. The van der Waals surface area contributed by atoms with E-state index in [4.69, 9.17) is 42.6 Å². The van der Waals surface area contributed by atoms with Crippen molar-refractivity contribution in [3.63, 3.8) is 0 Å². The van der Waals surface area contributed by atoms with E-state index >= 15 is 0 Å². The molecule has 0 aromatic carbocycles. The molecule has 0 spiro atoms. The number of rotatable bonds is 2. The van der Waals surface area contributed by atoms with Crippen LogP contribution in [-0.4, -0.2) is 22.0 Å². The number of Topliss-reactive ketones (excluding diaryl/α,β-unsaturated/α-hetero) is 1. The average molecular weight is 250 g/mol. The molecule has 1 aromatic rings. The van der Waals surface area contributed by atoms with E-state index in [-0.39, 0.29) is 5.94 Å². The lowest BCUT2D eigenvalue weighted by Crippen LogP contribution is -2.23. The number of hydrogen-bond acceptors (Lipinski definition) is 1. The van der Waals surface area contributed by atoms with Gasteiger partial charge in [-0.3, -0.25) is 4.79 Å². The van der Waals surface area contributed by atoms with E-state index in [1.165, 1.54) is 0 Å². The number of ketones is 1. The van der Waals surface area contributed by atoms with Gasteiger partial charge >= 0.3 is 0 Å². The lowest BCUT2D eigenvalue weighted by molar-refractivity contribution is 0.0987. The first-order chi connectivity index (χ1) is 6.34. The smallest absolute Gasteiger partial charge is 0.255 e. The predicted octanol–water partition coefficient (Wildman–Crippen LogP) is 2.73. The Hall–Kier alpha value is -0.115. The zero-order chi connectivity index (χ0) is 10.9. The van der Waals surface area contributed by atoms with Gasteiger partial charge in [-0.1, -0.05) is 41.7 Å². The van der Waals surface area contributed by atoms with Crippen LogP contribution in [0.4, 0.5) is 0 Å². The van der Waals surface area contributed by atoms with E-state index < -0.39 is 9.58 Å². The monoisotopic (exact) mass is 249 g/mol. The second-order valence-electron chi connectivity index (χ2n) is 2.87. The Morgan fingerprint density at radius 1 is 1.57 bits per heavy atom. The van der Waals surface area contributed by atoms with Gasteiger partial charge in [0.05, 0.1) is 13.5 Å². The highest BCUT2D eigenvalue weighted by Gasteiger charge is 2.33. The topological polar surface area (TPSA) is 22.0 Å². The highest BCUT2D eigenvalue weighted by Crippen LogP contribution is 2.31. The number of hydrogen-bond donors (Lipinski definition) is 0. The van der Waals surface area contributed by atoms with Gasteiger partial charge in [0.15, 0.2) is 0 Å². The fourth-order valence-electron chi connectivity index (χ4n) is 1.09. The summed E-state index contributed by atoms with van der Waals surface area (Å²) in [6.45, 7) is 1.73. The maximum atomic E-state index is 11.6. The first-order valence-electron chi connectivity index (χ1n) is 3.88. The highest BCUT2D eigenvalue weighted by molar-refractivity contribution is 6.77. The molecule has 0 fully saturated rings. The van der Waals surface area contributed by atoms with E-state index in [0.717, 1.165) is 0 Å².